The Balaban J connectivity index is 1.68. The number of benzene rings is 1. The van der Waals surface area contributed by atoms with Crippen LogP contribution in [-0.2, 0) is 0 Å². The van der Waals surface area contributed by atoms with Crippen molar-refractivity contribution in [2.24, 2.45) is 17.8 Å². The lowest BCUT2D eigenvalue weighted by atomic mass is 10.0. The monoisotopic (exact) mass is 287 g/mol. The van der Waals surface area contributed by atoms with E-state index in [0.717, 1.165) is 29.5 Å². The van der Waals surface area contributed by atoms with Gasteiger partial charge in [-0.3, -0.25) is 0 Å². The molecule has 1 aromatic heterocycles. The van der Waals surface area contributed by atoms with Crippen LogP contribution in [-0.4, -0.2) is 6.54 Å². The Labute approximate surface area is 124 Å². The second kappa shape index (κ2) is 5.13. The Hall–Kier alpha value is -1.35. The summed E-state index contributed by atoms with van der Waals surface area (Å²) in [7, 11) is 0. The largest absolute Gasteiger partial charge is 0.456 e. The quantitative estimate of drug-likeness (QED) is 0.884. The second-order valence-corrected chi connectivity index (χ2v) is 6.53. The van der Waals surface area contributed by atoms with E-state index in [1.165, 1.54) is 31.7 Å². The predicted octanol–water partition coefficient (Wildman–Crippen LogP) is 4.66. The van der Waals surface area contributed by atoms with Crippen molar-refractivity contribution in [1.29, 1.82) is 0 Å². The van der Waals surface area contributed by atoms with Gasteiger partial charge in [0.05, 0.1) is 6.04 Å². The van der Waals surface area contributed by atoms with Crippen molar-refractivity contribution in [3.05, 3.63) is 35.8 Å². The molecule has 112 valence electrons. The average molecular weight is 287 g/mol. The number of rotatable bonds is 4. The topological polar surface area (TPSA) is 25.2 Å². The van der Waals surface area contributed by atoms with Crippen LogP contribution < -0.4 is 5.32 Å². The summed E-state index contributed by atoms with van der Waals surface area (Å²) in [6, 6.07) is 7.41. The van der Waals surface area contributed by atoms with Gasteiger partial charge >= 0.3 is 0 Å². The summed E-state index contributed by atoms with van der Waals surface area (Å²) in [6.45, 7) is 3.04. The van der Waals surface area contributed by atoms with Crippen molar-refractivity contribution in [1.82, 2.24) is 5.32 Å². The molecule has 1 heterocycles. The number of halogens is 1. The molecule has 2 aromatic rings. The summed E-state index contributed by atoms with van der Waals surface area (Å²) in [5.41, 5.74) is 0.402. The molecule has 1 N–H and O–H groups in total. The maximum absolute atomic E-state index is 13.8. The van der Waals surface area contributed by atoms with E-state index >= 15 is 0 Å². The predicted molar refractivity (Wildman–Crippen MR) is 81.5 cm³/mol. The van der Waals surface area contributed by atoms with Gasteiger partial charge in [0.1, 0.15) is 5.76 Å². The highest BCUT2D eigenvalue weighted by atomic mass is 19.1. The van der Waals surface area contributed by atoms with Crippen LogP contribution >= 0.6 is 0 Å². The molecule has 21 heavy (non-hydrogen) atoms. The third-order valence-corrected chi connectivity index (χ3v) is 5.35. The standard InChI is InChI=1S/C18H22FNO/c1-2-20-17(16-12-7-3-4-8-13(12)16)15-10-11-6-5-9-14(19)18(11)21-15/h5-6,9-10,12-13,16-17,20H,2-4,7-8H2,1H3. The minimum absolute atomic E-state index is 0.245. The first-order chi connectivity index (χ1) is 10.3. The molecule has 0 spiro atoms. The minimum atomic E-state index is -0.262. The molecule has 2 saturated carbocycles. The highest BCUT2D eigenvalue weighted by Crippen LogP contribution is 2.60. The molecular formula is C18H22FNO. The molecule has 2 fully saturated rings. The zero-order valence-electron chi connectivity index (χ0n) is 12.4. The van der Waals surface area contributed by atoms with Crippen LogP contribution in [0.4, 0.5) is 4.39 Å². The average Bonchev–Trinajstić information content (AvgIpc) is 3.04. The van der Waals surface area contributed by atoms with E-state index in [1.807, 2.05) is 12.1 Å². The third-order valence-electron chi connectivity index (χ3n) is 5.35. The lowest BCUT2D eigenvalue weighted by Crippen LogP contribution is -2.23. The molecule has 0 saturated heterocycles. The van der Waals surface area contributed by atoms with Crippen LogP contribution in [0.15, 0.2) is 28.7 Å². The molecular weight excluding hydrogens is 265 g/mol. The zero-order chi connectivity index (χ0) is 14.4. The number of hydrogen-bond acceptors (Lipinski definition) is 2. The Kier molecular flexibility index (Phi) is 3.26. The normalized spacial score (nSPS) is 29.3. The van der Waals surface area contributed by atoms with E-state index in [-0.39, 0.29) is 11.9 Å². The lowest BCUT2D eigenvalue weighted by Gasteiger charge is -2.15. The van der Waals surface area contributed by atoms with Gasteiger partial charge in [-0.25, -0.2) is 4.39 Å². The van der Waals surface area contributed by atoms with Crippen LogP contribution in [0.1, 0.15) is 44.4 Å². The number of para-hydroxylation sites is 1. The Morgan fingerprint density at radius 1 is 1.29 bits per heavy atom. The van der Waals surface area contributed by atoms with E-state index in [2.05, 4.69) is 12.2 Å². The summed E-state index contributed by atoms with van der Waals surface area (Å²) in [4.78, 5) is 0. The van der Waals surface area contributed by atoms with Crippen molar-refractivity contribution in [2.75, 3.05) is 6.54 Å². The van der Waals surface area contributed by atoms with Gasteiger partial charge in [0.15, 0.2) is 11.4 Å². The molecule has 0 bridgehead atoms. The van der Waals surface area contributed by atoms with Crippen LogP contribution in [0.25, 0.3) is 11.0 Å². The van der Waals surface area contributed by atoms with Crippen LogP contribution in [0.3, 0.4) is 0 Å². The number of nitrogens with one attached hydrogen (secondary N) is 1. The molecule has 4 rings (SSSR count). The van der Waals surface area contributed by atoms with E-state index in [0.29, 0.717) is 11.5 Å². The van der Waals surface area contributed by atoms with Gasteiger partial charge in [0, 0.05) is 5.39 Å². The first-order valence-electron chi connectivity index (χ1n) is 8.21. The van der Waals surface area contributed by atoms with E-state index in [4.69, 9.17) is 4.42 Å². The molecule has 1 aromatic carbocycles. The highest BCUT2D eigenvalue weighted by molar-refractivity contribution is 5.78. The smallest absolute Gasteiger partial charge is 0.169 e. The summed E-state index contributed by atoms with van der Waals surface area (Å²) in [5, 5.41) is 4.45. The molecule has 0 amide bonds. The second-order valence-electron chi connectivity index (χ2n) is 6.53. The van der Waals surface area contributed by atoms with Crippen LogP contribution in [0.2, 0.25) is 0 Å². The molecule has 0 radical (unpaired) electrons. The van der Waals surface area contributed by atoms with Crippen molar-refractivity contribution in [2.45, 2.75) is 38.6 Å². The molecule has 2 aliphatic rings. The Morgan fingerprint density at radius 2 is 2.05 bits per heavy atom. The number of furan rings is 1. The maximum atomic E-state index is 13.8. The van der Waals surface area contributed by atoms with Gasteiger partial charge in [-0.1, -0.05) is 31.9 Å². The van der Waals surface area contributed by atoms with Gasteiger partial charge in [0.25, 0.3) is 0 Å². The van der Waals surface area contributed by atoms with E-state index in [9.17, 15) is 4.39 Å². The molecule has 3 unspecified atom stereocenters. The number of fused-ring (bicyclic) bond motifs is 2. The fourth-order valence-corrected chi connectivity index (χ4v) is 4.39. The van der Waals surface area contributed by atoms with Gasteiger partial charge in [-0.2, -0.15) is 0 Å². The Morgan fingerprint density at radius 3 is 2.71 bits per heavy atom. The van der Waals surface area contributed by atoms with Gasteiger partial charge in [-0.15, -0.1) is 0 Å². The maximum Gasteiger partial charge on any atom is 0.169 e. The van der Waals surface area contributed by atoms with Crippen molar-refractivity contribution >= 4 is 11.0 Å². The molecule has 2 nitrogen and oxygen atoms in total. The molecule has 3 heteroatoms. The summed E-state index contributed by atoms with van der Waals surface area (Å²) in [6.07, 6.45) is 5.44. The van der Waals surface area contributed by atoms with Crippen molar-refractivity contribution in [3.63, 3.8) is 0 Å². The zero-order valence-corrected chi connectivity index (χ0v) is 12.4. The van der Waals surface area contributed by atoms with Gasteiger partial charge < -0.3 is 9.73 Å². The molecule has 0 aliphatic heterocycles. The first kappa shape index (κ1) is 13.3. The van der Waals surface area contributed by atoms with Crippen LogP contribution in [0, 0.1) is 23.6 Å². The fraction of sp³-hybridized carbons (Fsp3) is 0.556. The minimum Gasteiger partial charge on any atom is -0.456 e. The van der Waals surface area contributed by atoms with E-state index in [1.54, 1.807) is 6.07 Å². The highest BCUT2D eigenvalue weighted by Gasteiger charge is 2.55. The van der Waals surface area contributed by atoms with Gasteiger partial charge in [-0.05, 0) is 49.3 Å². The SMILES string of the molecule is CCNC(c1cc2cccc(F)c2o1)C1C2CCCCC21. The van der Waals surface area contributed by atoms with Crippen molar-refractivity contribution in [3.8, 4) is 0 Å². The van der Waals surface area contributed by atoms with Gasteiger partial charge in [0.2, 0.25) is 0 Å². The lowest BCUT2D eigenvalue weighted by molar-refractivity contribution is 0.377. The summed E-state index contributed by atoms with van der Waals surface area (Å²) in [5.74, 6) is 3.02. The first-order valence-corrected chi connectivity index (χ1v) is 8.21. The Bertz CT molecular complexity index is 638. The summed E-state index contributed by atoms with van der Waals surface area (Å²) >= 11 is 0. The van der Waals surface area contributed by atoms with E-state index < -0.39 is 0 Å². The number of hydrogen-bond donors (Lipinski definition) is 1. The third kappa shape index (κ3) is 2.18. The van der Waals surface area contributed by atoms with Crippen molar-refractivity contribution < 1.29 is 8.81 Å². The fourth-order valence-electron chi connectivity index (χ4n) is 4.39. The van der Waals surface area contributed by atoms with Crippen LogP contribution in [0.5, 0.6) is 0 Å². The molecule has 3 atom stereocenters. The molecule has 2 aliphatic carbocycles. The summed E-state index contributed by atoms with van der Waals surface area (Å²) < 4.78 is 19.7.